The van der Waals surface area contributed by atoms with E-state index in [2.05, 4.69) is 0 Å². The molecule has 0 spiro atoms. The number of fused-ring (bicyclic) bond motifs is 1. The van der Waals surface area contributed by atoms with Gasteiger partial charge in [0.25, 0.3) is 0 Å². The maximum atomic E-state index is 10.9. The van der Waals surface area contributed by atoms with Crippen molar-refractivity contribution in [3.63, 3.8) is 0 Å². The van der Waals surface area contributed by atoms with Gasteiger partial charge in [-0.3, -0.25) is 4.79 Å². The number of carbonyl (C=O) groups is 1. The Kier molecular flexibility index (Phi) is 4.55. The molecule has 0 aromatic heterocycles. The van der Waals surface area contributed by atoms with E-state index in [1.54, 1.807) is 0 Å². The lowest BCUT2D eigenvalue weighted by Crippen LogP contribution is -2.24. The lowest BCUT2D eigenvalue weighted by atomic mass is 9.80. The van der Waals surface area contributed by atoms with Crippen molar-refractivity contribution in [3.8, 4) is 0 Å². The van der Waals surface area contributed by atoms with Crippen LogP contribution in [0.1, 0.15) is 38.3 Å². The Morgan fingerprint density at radius 2 is 1.86 bits per heavy atom. The number of hydrogen-bond acceptors (Lipinski definition) is 2. The van der Waals surface area contributed by atoms with Crippen molar-refractivity contribution in [2.45, 2.75) is 32.7 Å². The molecule has 0 fully saturated rings. The van der Waals surface area contributed by atoms with E-state index in [9.17, 15) is 4.79 Å². The van der Waals surface area contributed by atoms with Crippen LogP contribution in [0.3, 0.4) is 0 Å². The van der Waals surface area contributed by atoms with Crippen LogP contribution in [0.4, 0.5) is 0 Å². The minimum atomic E-state index is -0.798. The highest BCUT2D eigenvalue weighted by Gasteiger charge is 2.26. The first-order valence-electron chi connectivity index (χ1n) is 6.95. The fourth-order valence-corrected chi connectivity index (χ4v) is 3.02. The lowest BCUT2D eigenvalue weighted by Gasteiger charge is -2.27. The third-order valence-corrected chi connectivity index (χ3v) is 4.04. The summed E-state index contributed by atoms with van der Waals surface area (Å²) in [7, 11) is 0. The molecule has 1 atom stereocenters. The van der Waals surface area contributed by atoms with E-state index in [4.69, 9.17) is 22.4 Å². The second-order valence-corrected chi connectivity index (χ2v) is 6.63. The van der Waals surface area contributed by atoms with Crippen LogP contribution in [0.2, 0.25) is 5.02 Å². The largest absolute Gasteiger partial charge is 0.481 e. The Morgan fingerprint density at radius 3 is 2.48 bits per heavy atom. The molecule has 0 aliphatic rings. The predicted octanol–water partition coefficient (Wildman–Crippen LogP) is 4.38. The lowest BCUT2D eigenvalue weighted by molar-refractivity contribution is -0.139. The Bertz CT molecular complexity index is 667. The number of halogens is 1. The van der Waals surface area contributed by atoms with Crippen LogP contribution in [-0.2, 0) is 4.79 Å². The molecule has 3 nitrogen and oxygen atoms in total. The second kappa shape index (κ2) is 6.04. The van der Waals surface area contributed by atoms with Gasteiger partial charge < -0.3 is 10.8 Å². The van der Waals surface area contributed by atoms with Crippen molar-refractivity contribution in [1.82, 2.24) is 0 Å². The predicted molar refractivity (Wildman–Crippen MR) is 86.5 cm³/mol. The van der Waals surface area contributed by atoms with Crippen LogP contribution in [0.25, 0.3) is 10.8 Å². The van der Waals surface area contributed by atoms with Crippen molar-refractivity contribution in [3.05, 3.63) is 47.0 Å². The molecule has 0 aliphatic heterocycles. The molecule has 0 bridgehead atoms. The monoisotopic (exact) mass is 305 g/mol. The van der Waals surface area contributed by atoms with Crippen LogP contribution in [-0.4, -0.2) is 11.1 Å². The van der Waals surface area contributed by atoms with Gasteiger partial charge in [0.15, 0.2) is 0 Å². The van der Waals surface area contributed by atoms with Crippen LogP contribution >= 0.6 is 11.6 Å². The van der Waals surface area contributed by atoms with Crippen molar-refractivity contribution in [2.24, 2.45) is 11.1 Å². The molecular formula is C17H20ClNO2. The summed E-state index contributed by atoms with van der Waals surface area (Å²) in [6.45, 7) is 3.86. The van der Waals surface area contributed by atoms with E-state index >= 15 is 0 Å². The number of aliphatic carboxylic acids is 1. The minimum absolute atomic E-state index is 0.103. The van der Waals surface area contributed by atoms with Gasteiger partial charge in [-0.05, 0) is 28.9 Å². The summed E-state index contributed by atoms with van der Waals surface area (Å²) in [6.07, 6.45) is 0.706. The Morgan fingerprint density at radius 1 is 1.24 bits per heavy atom. The Labute approximate surface area is 129 Å². The third kappa shape index (κ3) is 3.74. The van der Waals surface area contributed by atoms with Gasteiger partial charge in [-0.15, -0.1) is 0 Å². The quantitative estimate of drug-likeness (QED) is 0.861. The van der Waals surface area contributed by atoms with Gasteiger partial charge in [-0.25, -0.2) is 0 Å². The molecule has 0 aliphatic carbocycles. The smallest absolute Gasteiger partial charge is 0.303 e. The third-order valence-electron chi connectivity index (χ3n) is 3.71. The molecule has 2 aromatic carbocycles. The maximum absolute atomic E-state index is 10.9. The van der Waals surface area contributed by atoms with Crippen LogP contribution in [0, 0.1) is 5.41 Å². The van der Waals surface area contributed by atoms with E-state index in [1.165, 1.54) is 0 Å². The van der Waals surface area contributed by atoms with Gasteiger partial charge in [0.1, 0.15) is 0 Å². The second-order valence-electron chi connectivity index (χ2n) is 6.23. The maximum Gasteiger partial charge on any atom is 0.303 e. The number of carboxylic acids is 1. The fourth-order valence-electron chi connectivity index (χ4n) is 2.80. The van der Waals surface area contributed by atoms with E-state index in [1.807, 2.05) is 50.2 Å². The average molecular weight is 306 g/mol. The summed E-state index contributed by atoms with van der Waals surface area (Å²) in [4.78, 5) is 10.9. The summed E-state index contributed by atoms with van der Waals surface area (Å²) in [5, 5.41) is 11.7. The Hall–Kier alpha value is -1.58. The van der Waals surface area contributed by atoms with Crippen molar-refractivity contribution >= 4 is 28.3 Å². The van der Waals surface area contributed by atoms with Crippen LogP contribution in [0.15, 0.2) is 36.4 Å². The molecule has 0 amide bonds. The van der Waals surface area contributed by atoms with Crippen molar-refractivity contribution in [2.75, 3.05) is 0 Å². The number of hydrogen-bond donors (Lipinski definition) is 2. The van der Waals surface area contributed by atoms with Gasteiger partial charge in [0.2, 0.25) is 0 Å². The normalized spacial score (nSPS) is 13.3. The highest BCUT2D eigenvalue weighted by molar-refractivity contribution is 6.35. The summed E-state index contributed by atoms with van der Waals surface area (Å²) < 4.78 is 0. The van der Waals surface area contributed by atoms with Gasteiger partial charge in [-0.1, -0.05) is 55.8 Å². The standard InChI is InChI=1S/C17H20ClNO2/c1-17(2,10-16(20)21)9-15(19)13-7-8-14(18)12-6-4-3-5-11(12)13/h3-8,15H,9-10,19H2,1-2H3,(H,20,21). The highest BCUT2D eigenvalue weighted by Crippen LogP contribution is 2.36. The zero-order chi connectivity index (χ0) is 15.6. The SMILES string of the molecule is CC(C)(CC(=O)O)CC(N)c1ccc(Cl)c2ccccc12. The van der Waals surface area contributed by atoms with Crippen molar-refractivity contribution < 1.29 is 9.90 Å². The molecule has 0 heterocycles. The van der Waals surface area contributed by atoms with Gasteiger partial charge >= 0.3 is 5.97 Å². The van der Waals surface area contributed by atoms with Crippen molar-refractivity contribution in [1.29, 1.82) is 0 Å². The molecule has 21 heavy (non-hydrogen) atoms. The summed E-state index contributed by atoms with van der Waals surface area (Å²) >= 11 is 6.22. The van der Waals surface area contributed by atoms with Crippen LogP contribution < -0.4 is 5.73 Å². The highest BCUT2D eigenvalue weighted by atomic mass is 35.5. The number of benzene rings is 2. The van der Waals surface area contributed by atoms with Gasteiger partial charge in [-0.2, -0.15) is 0 Å². The topological polar surface area (TPSA) is 63.3 Å². The molecule has 1 unspecified atom stereocenters. The zero-order valence-electron chi connectivity index (χ0n) is 12.3. The molecule has 0 radical (unpaired) electrons. The molecule has 3 N–H and O–H groups in total. The molecule has 0 saturated carbocycles. The number of rotatable bonds is 5. The fraction of sp³-hybridized carbons (Fsp3) is 0.353. The molecule has 2 aromatic rings. The summed E-state index contributed by atoms with van der Waals surface area (Å²) in [6, 6.07) is 11.4. The van der Waals surface area contributed by atoms with E-state index in [0.717, 1.165) is 16.3 Å². The first-order valence-corrected chi connectivity index (χ1v) is 7.32. The Balaban J connectivity index is 2.34. The van der Waals surface area contributed by atoms with E-state index < -0.39 is 5.97 Å². The molecule has 2 rings (SSSR count). The zero-order valence-corrected chi connectivity index (χ0v) is 13.0. The van der Waals surface area contributed by atoms with E-state index in [-0.39, 0.29) is 17.9 Å². The first-order chi connectivity index (χ1) is 9.80. The minimum Gasteiger partial charge on any atom is -0.481 e. The number of nitrogens with two attached hydrogens (primary N) is 1. The summed E-state index contributed by atoms with van der Waals surface area (Å²) in [5.41, 5.74) is 6.99. The molecular weight excluding hydrogens is 286 g/mol. The van der Waals surface area contributed by atoms with Gasteiger partial charge in [0.05, 0.1) is 6.42 Å². The molecule has 4 heteroatoms. The number of carboxylic acid groups (broad SMARTS) is 1. The molecule has 0 saturated heterocycles. The van der Waals surface area contributed by atoms with E-state index in [0.29, 0.717) is 11.4 Å². The first kappa shape index (κ1) is 15.8. The summed E-state index contributed by atoms with van der Waals surface area (Å²) in [5.74, 6) is -0.798. The van der Waals surface area contributed by atoms with Gasteiger partial charge in [0, 0.05) is 16.5 Å². The average Bonchev–Trinajstić information content (AvgIpc) is 2.37. The van der Waals surface area contributed by atoms with Crippen LogP contribution in [0.5, 0.6) is 0 Å². The molecule has 112 valence electrons.